The number of likely N-dealkylation sites (N-methyl/N-ethyl adjacent to an activating group) is 1. The Hall–Kier alpha value is -1.10. The van der Waals surface area contributed by atoms with Crippen molar-refractivity contribution < 1.29 is 19.4 Å². The molecule has 0 saturated carbocycles. The Bertz CT molecular complexity index is 288. The molecule has 98 valence electrons. The second-order valence-electron chi connectivity index (χ2n) is 4.51. The van der Waals surface area contributed by atoms with Crippen LogP contribution in [0.2, 0.25) is 0 Å². The van der Waals surface area contributed by atoms with Crippen molar-refractivity contribution >= 4 is 11.9 Å². The molecule has 0 aromatic heterocycles. The van der Waals surface area contributed by atoms with Crippen LogP contribution in [0.25, 0.3) is 0 Å². The number of carbonyl (C=O) groups excluding carboxylic acids is 1. The van der Waals surface area contributed by atoms with Crippen molar-refractivity contribution in [1.29, 1.82) is 0 Å². The Kier molecular flexibility index (Phi) is 4.93. The van der Waals surface area contributed by atoms with Crippen LogP contribution in [0.1, 0.15) is 26.7 Å². The van der Waals surface area contributed by atoms with Crippen LogP contribution in [-0.2, 0) is 14.3 Å². The van der Waals surface area contributed by atoms with Gasteiger partial charge in [-0.05, 0) is 12.8 Å². The lowest BCUT2D eigenvalue weighted by atomic mass is 9.98. The molecule has 1 aliphatic heterocycles. The minimum Gasteiger partial charge on any atom is -0.481 e. The fourth-order valence-corrected chi connectivity index (χ4v) is 2.25. The van der Waals surface area contributed by atoms with Crippen molar-refractivity contribution in [2.45, 2.75) is 32.7 Å². The van der Waals surface area contributed by atoms with Crippen LogP contribution in [0.15, 0.2) is 0 Å². The Balaban J connectivity index is 2.71. The molecule has 1 rings (SSSR count). The summed E-state index contributed by atoms with van der Waals surface area (Å²) in [4.78, 5) is 24.7. The first kappa shape index (κ1) is 14.0. The van der Waals surface area contributed by atoms with Gasteiger partial charge in [0.15, 0.2) is 0 Å². The fraction of sp³-hybridized carbons (Fsp3) is 0.833. The van der Waals surface area contributed by atoms with E-state index in [-0.39, 0.29) is 24.5 Å². The summed E-state index contributed by atoms with van der Waals surface area (Å²) in [6.45, 7) is 4.46. The van der Waals surface area contributed by atoms with Crippen molar-refractivity contribution in [1.82, 2.24) is 4.90 Å². The minimum atomic E-state index is -0.892. The van der Waals surface area contributed by atoms with Gasteiger partial charge >= 0.3 is 5.97 Å². The van der Waals surface area contributed by atoms with Crippen molar-refractivity contribution in [3.8, 4) is 0 Å². The maximum Gasteiger partial charge on any atom is 0.311 e. The number of nitrogens with zero attached hydrogens (tertiary/aromatic N) is 1. The third-order valence-electron chi connectivity index (χ3n) is 3.55. The van der Waals surface area contributed by atoms with E-state index in [4.69, 9.17) is 9.84 Å². The molecule has 1 N–H and O–H groups in total. The van der Waals surface area contributed by atoms with Crippen LogP contribution >= 0.6 is 0 Å². The highest BCUT2D eigenvalue weighted by molar-refractivity contribution is 5.80. The minimum absolute atomic E-state index is 0.0185. The van der Waals surface area contributed by atoms with Gasteiger partial charge < -0.3 is 14.7 Å². The molecule has 0 aliphatic carbocycles. The van der Waals surface area contributed by atoms with E-state index in [2.05, 4.69) is 0 Å². The number of carboxylic acids is 1. The Morgan fingerprint density at radius 2 is 1.94 bits per heavy atom. The highest BCUT2D eigenvalue weighted by Gasteiger charge is 2.39. The monoisotopic (exact) mass is 243 g/mol. The second kappa shape index (κ2) is 6.00. The lowest BCUT2D eigenvalue weighted by Gasteiger charge is -2.29. The number of amides is 1. The molecule has 1 aliphatic rings. The van der Waals surface area contributed by atoms with Crippen molar-refractivity contribution in [2.75, 3.05) is 20.3 Å². The average molecular weight is 243 g/mol. The maximum atomic E-state index is 12.1. The summed E-state index contributed by atoms with van der Waals surface area (Å²) in [5.74, 6) is -1.48. The van der Waals surface area contributed by atoms with E-state index < -0.39 is 11.9 Å². The van der Waals surface area contributed by atoms with Crippen LogP contribution in [-0.4, -0.2) is 48.2 Å². The van der Waals surface area contributed by atoms with Gasteiger partial charge in [-0.1, -0.05) is 13.8 Å². The van der Waals surface area contributed by atoms with E-state index in [9.17, 15) is 9.59 Å². The lowest BCUT2D eigenvalue weighted by Crippen LogP contribution is -2.46. The largest absolute Gasteiger partial charge is 0.481 e. The third-order valence-corrected chi connectivity index (χ3v) is 3.55. The zero-order valence-electron chi connectivity index (χ0n) is 10.7. The predicted molar refractivity (Wildman–Crippen MR) is 62.6 cm³/mol. The molecule has 1 fully saturated rings. The van der Waals surface area contributed by atoms with Crippen LogP contribution in [0.4, 0.5) is 0 Å². The topological polar surface area (TPSA) is 66.8 Å². The molecule has 0 bridgehead atoms. The first-order valence-corrected chi connectivity index (χ1v) is 6.10. The van der Waals surface area contributed by atoms with Crippen LogP contribution in [0.3, 0.4) is 0 Å². The standard InChI is InChI=1S/C12H21NO4/c1-4-8(5-2)11(14)13(3)10-7-17-6-9(10)12(15)16/h8-10H,4-7H2,1-3H3,(H,15,16). The third kappa shape index (κ3) is 2.97. The number of hydrogen-bond acceptors (Lipinski definition) is 3. The van der Waals surface area contributed by atoms with E-state index in [0.717, 1.165) is 12.8 Å². The van der Waals surface area contributed by atoms with E-state index in [0.29, 0.717) is 6.61 Å². The second-order valence-corrected chi connectivity index (χ2v) is 4.51. The summed E-state index contributed by atoms with van der Waals surface area (Å²) in [5, 5.41) is 9.05. The summed E-state index contributed by atoms with van der Waals surface area (Å²) < 4.78 is 5.17. The number of ether oxygens (including phenoxy) is 1. The van der Waals surface area contributed by atoms with E-state index in [1.807, 2.05) is 13.8 Å². The molecule has 1 amide bonds. The molecular weight excluding hydrogens is 222 g/mol. The summed E-state index contributed by atoms with van der Waals surface area (Å²) in [6, 6.07) is -0.333. The molecule has 2 atom stereocenters. The van der Waals surface area contributed by atoms with Gasteiger partial charge in [0, 0.05) is 13.0 Å². The number of carboxylic acid groups (broad SMARTS) is 1. The van der Waals surface area contributed by atoms with Gasteiger partial charge in [-0.25, -0.2) is 0 Å². The number of aliphatic carboxylic acids is 1. The molecule has 2 unspecified atom stereocenters. The maximum absolute atomic E-state index is 12.1. The Morgan fingerprint density at radius 3 is 2.41 bits per heavy atom. The van der Waals surface area contributed by atoms with Gasteiger partial charge in [-0.3, -0.25) is 9.59 Å². The molecule has 5 heteroatoms. The van der Waals surface area contributed by atoms with Gasteiger partial charge in [-0.2, -0.15) is 0 Å². The Morgan fingerprint density at radius 1 is 1.35 bits per heavy atom. The van der Waals surface area contributed by atoms with E-state index >= 15 is 0 Å². The van der Waals surface area contributed by atoms with Gasteiger partial charge in [0.25, 0.3) is 0 Å². The zero-order chi connectivity index (χ0) is 13.0. The molecule has 5 nitrogen and oxygen atoms in total. The molecule has 17 heavy (non-hydrogen) atoms. The molecule has 0 aromatic rings. The van der Waals surface area contributed by atoms with E-state index in [1.165, 1.54) is 0 Å². The lowest BCUT2D eigenvalue weighted by molar-refractivity contribution is -0.145. The summed E-state index contributed by atoms with van der Waals surface area (Å²) in [6.07, 6.45) is 1.57. The molecule has 0 spiro atoms. The van der Waals surface area contributed by atoms with Crippen LogP contribution in [0.5, 0.6) is 0 Å². The van der Waals surface area contributed by atoms with Gasteiger partial charge in [0.2, 0.25) is 5.91 Å². The fourth-order valence-electron chi connectivity index (χ4n) is 2.25. The summed E-state index contributed by atoms with van der Waals surface area (Å²) in [7, 11) is 1.68. The first-order chi connectivity index (χ1) is 8.02. The quantitative estimate of drug-likeness (QED) is 0.781. The summed E-state index contributed by atoms with van der Waals surface area (Å²) >= 11 is 0. The molecule has 0 radical (unpaired) electrons. The summed E-state index contributed by atoms with van der Waals surface area (Å²) in [5.41, 5.74) is 0. The average Bonchev–Trinajstić information content (AvgIpc) is 2.78. The number of hydrogen-bond donors (Lipinski definition) is 1. The molecule has 0 aromatic carbocycles. The van der Waals surface area contributed by atoms with Crippen molar-refractivity contribution in [2.24, 2.45) is 11.8 Å². The highest BCUT2D eigenvalue weighted by atomic mass is 16.5. The number of rotatable bonds is 5. The SMILES string of the molecule is CCC(CC)C(=O)N(C)C1COCC1C(=O)O. The van der Waals surface area contributed by atoms with Gasteiger partial charge in [0.1, 0.15) is 5.92 Å². The van der Waals surface area contributed by atoms with Crippen molar-refractivity contribution in [3.05, 3.63) is 0 Å². The highest BCUT2D eigenvalue weighted by Crippen LogP contribution is 2.22. The normalized spacial score (nSPS) is 24.0. The van der Waals surface area contributed by atoms with Gasteiger partial charge in [-0.15, -0.1) is 0 Å². The number of carbonyl (C=O) groups is 2. The first-order valence-electron chi connectivity index (χ1n) is 6.10. The van der Waals surface area contributed by atoms with Gasteiger partial charge in [0.05, 0.1) is 19.3 Å². The van der Waals surface area contributed by atoms with Crippen LogP contribution in [0, 0.1) is 11.8 Å². The van der Waals surface area contributed by atoms with E-state index in [1.54, 1.807) is 11.9 Å². The Labute approximate surface area is 102 Å². The van der Waals surface area contributed by atoms with Crippen molar-refractivity contribution in [3.63, 3.8) is 0 Å². The van der Waals surface area contributed by atoms with Crippen LogP contribution < -0.4 is 0 Å². The molecule has 1 heterocycles. The zero-order valence-corrected chi connectivity index (χ0v) is 10.7. The molecule has 1 saturated heterocycles. The predicted octanol–water partition coefficient (Wildman–Crippen LogP) is 0.981. The molecular formula is C12H21NO4. The smallest absolute Gasteiger partial charge is 0.311 e.